The number of hydrogen-bond acceptors (Lipinski definition) is 8. The fourth-order valence-corrected chi connectivity index (χ4v) is 7.66. The minimum Gasteiger partial charge on any atom is -0.508 e. The molecule has 59 heavy (non-hydrogen) atoms. The van der Waals surface area contributed by atoms with Crippen molar-refractivity contribution in [3.63, 3.8) is 0 Å². The molecule has 2 heterocycles. The number of carboxylic acid groups (broad SMARTS) is 1. The maximum atomic E-state index is 14.4. The van der Waals surface area contributed by atoms with E-state index in [-0.39, 0.29) is 68.0 Å². The zero-order chi connectivity index (χ0) is 42.8. The highest BCUT2D eigenvalue weighted by Gasteiger charge is 2.38. The molecule has 1 aromatic heterocycles. The summed E-state index contributed by atoms with van der Waals surface area (Å²) in [4.78, 5) is 86.7. The number of rotatable bonds is 19. The molecular weight excluding hydrogens is 753 g/mol. The van der Waals surface area contributed by atoms with Crippen LogP contribution in [0.25, 0.3) is 10.9 Å². The van der Waals surface area contributed by atoms with Crippen LogP contribution in [0.5, 0.6) is 5.75 Å². The van der Waals surface area contributed by atoms with Gasteiger partial charge in [0.15, 0.2) is 5.78 Å². The van der Waals surface area contributed by atoms with E-state index in [4.69, 9.17) is 5.73 Å². The van der Waals surface area contributed by atoms with Crippen LogP contribution in [0.1, 0.15) is 62.9 Å². The van der Waals surface area contributed by atoms with Gasteiger partial charge in [-0.15, -0.1) is 0 Å². The number of aliphatic carboxylic acids is 1. The molecule has 0 saturated heterocycles. The molecule has 6 atom stereocenters. The van der Waals surface area contributed by atoms with Gasteiger partial charge in [0.1, 0.15) is 24.4 Å². The van der Waals surface area contributed by atoms with Crippen molar-refractivity contribution in [1.82, 2.24) is 25.8 Å². The quantitative estimate of drug-likeness (QED) is 0.0734. The third-order valence-corrected chi connectivity index (χ3v) is 11.4. The first-order valence-corrected chi connectivity index (χ1v) is 20.2. The number of ketones is 1. The lowest BCUT2D eigenvalue weighted by Gasteiger charge is -2.29. The van der Waals surface area contributed by atoms with Crippen LogP contribution in [0.3, 0.4) is 0 Å². The number of aromatic hydroxyl groups is 1. The lowest BCUT2D eigenvalue weighted by atomic mass is 9.84. The fourth-order valence-electron chi connectivity index (χ4n) is 7.66. The van der Waals surface area contributed by atoms with E-state index in [2.05, 4.69) is 20.9 Å². The second-order valence-electron chi connectivity index (χ2n) is 15.9. The molecular formula is C45H56N6O8. The van der Waals surface area contributed by atoms with Crippen molar-refractivity contribution >= 4 is 46.3 Å². The van der Waals surface area contributed by atoms with Crippen LogP contribution in [-0.4, -0.2) is 86.7 Å². The molecule has 8 N–H and O–H groups in total. The number of carboxylic acids is 1. The number of hydrogen-bond donors (Lipinski definition) is 7. The number of aromatic nitrogens is 1. The number of phenols is 1. The maximum absolute atomic E-state index is 14.4. The molecule has 1 aliphatic rings. The SMILES string of the molecule is CCC(C)[C@H](CC(=O)[C@H](Cc1ccc(O)cc1)NC(=O)[C@@H](CN)C(C)C)C(=O)N[C@H]1Cc2c([nH]c3ccccc23)CN(CC(=O)N[C@@H](Cc2ccccc2)C(=O)O)C1=O. The van der Waals surface area contributed by atoms with E-state index >= 15 is 0 Å². The summed E-state index contributed by atoms with van der Waals surface area (Å²) in [5.74, 6) is -5.47. The highest BCUT2D eigenvalue weighted by molar-refractivity contribution is 5.97. The highest BCUT2D eigenvalue weighted by atomic mass is 16.4. The molecule has 0 bridgehead atoms. The van der Waals surface area contributed by atoms with Crippen LogP contribution in [0.2, 0.25) is 0 Å². The summed E-state index contributed by atoms with van der Waals surface area (Å²) in [6.45, 7) is 7.12. The molecule has 0 spiro atoms. The maximum Gasteiger partial charge on any atom is 0.326 e. The number of fused-ring (bicyclic) bond motifs is 3. The molecule has 1 aliphatic heterocycles. The van der Waals surface area contributed by atoms with Crippen molar-refractivity contribution in [2.45, 2.75) is 84.5 Å². The second kappa shape index (κ2) is 20.1. The summed E-state index contributed by atoms with van der Waals surface area (Å²) in [5.41, 5.74) is 9.63. The Hall–Kier alpha value is -6.02. The van der Waals surface area contributed by atoms with E-state index in [1.165, 1.54) is 17.0 Å². The molecule has 1 unspecified atom stereocenters. The molecule has 0 saturated carbocycles. The van der Waals surface area contributed by atoms with Crippen LogP contribution >= 0.6 is 0 Å². The molecule has 314 valence electrons. The lowest BCUT2D eigenvalue weighted by Crippen LogP contribution is -2.54. The van der Waals surface area contributed by atoms with Gasteiger partial charge in [-0.2, -0.15) is 0 Å². The molecule has 14 heteroatoms. The highest BCUT2D eigenvalue weighted by Crippen LogP contribution is 2.29. The van der Waals surface area contributed by atoms with Crippen LogP contribution in [-0.2, 0) is 54.6 Å². The zero-order valence-electron chi connectivity index (χ0n) is 34.1. The first kappa shape index (κ1) is 44.1. The predicted octanol–water partition coefficient (Wildman–Crippen LogP) is 3.64. The number of carbonyl (C=O) groups excluding carboxylic acids is 5. The van der Waals surface area contributed by atoms with Crippen molar-refractivity contribution in [3.8, 4) is 5.75 Å². The number of carbonyl (C=O) groups is 6. The van der Waals surface area contributed by atoms with Gasteiger partial charge in [-0.1, -0.05) is 94.8 Å². The molecule has 0 fully saturated rings. The average Bonchev–Trinajstić information content (AvgIpc) is 3.49. The van der Waals surface area contributed by atoms with E-state index in [0.29, 0.717) is 17.7 Å². The number of H-pyrrole nitrogens is 1. The molecule has 0 aliphatic carbocycles. The lowest BCUT2D eigenvalue weighted by molar-refractivity contribution is -0.143. The molecule has 14 nitrogen and oxygen atoms in total. The van der Waals surface area contributed by atoms with Gasteiger partial charge >= 0.3 is 5.97 Å². The molecule has 0 radical (unpaired) electrons. The van der Waals surface area contributed by atoms with Gasteiger partial charge in [-0.25, -0.2) is 4.79 Å². The number of para-hydroxylation sites is 1. The minimum absolute atomic E-state index is 0.00511. The molecule has 4 amide bonds. The average molecular weight is 809 g/mol. The summed E-state index contributed by atoms with van der Waals surface area (Å²) < 4.78 is 0. The number of nitrogens with zero attached hydrogens (tertiary/aromatic N) is 1. The number of nitrogens with one attached hydrogen (secondary N) is 4. The monoisotopic (exact) mass is 808 g/mol. The number of Topliss-reactive ketones (excluding diaryl/α,β-unsaturated/α-hetero) is 1. The Morgan fingerprint density at radius 2 is 1.49 bits per heavy atom. The standard InChI is InChI=1S/C45H56N6O8/c1-5-27(4)32(22-40(53)36(19-29-15-17-30(52)18-16-29)49-43(56)34(23-46)26(2)3)42(55)50-37-21-33-31-13-9-10-14-35(31)47-39(33)24-51(44(37)57)25-41(54)48-38(45(58)59)20-28-11-7-6-8-12-28/h6-18,26-27,32,34,36-38,47,52H,5,19-25,46H2,1-4H3,(H,48,54)(H,49,56)(H,50,55)(H,58,59)/t27?,32-,34-,36-,37-,38-/m0/s1. The summed E-state index contributed by atoms with van der Waals surface area (Å²) in [7, 11) is 0. The predicted molar refractivity (Wildman–Crippen MR) is 223 cm³/mol. The molecule has 3 aromatic carbocycles. The van der Waals surface area contributed by atoms with Crippen molar-refractivity contribution < 1.29 is 39.0 Å². The van der Waals surface area contributed by atoms with Crippen molar-refractivity contribution in [2.24, 2.45) is 29.4 Å². The minimum atomic E-state index is -1.24. The number of aromatic amines is 1. The number of benzene rings is 3. The Bertz CT molecular complexity index is 2120. The third kappa shape index (κ3) is 11.3. The number of amides is 4. The van der Waals surface area contributed by atoms with E-state index in [1.807, 2.05) is 58.0 Å². The Kier molecular flexibility index (Phi) is 15.0. The van der Waals surface area contributed by atoms with Crippen molar-refractivity contribution in [3.05, 3.63) is 101 Å². The summed E-state index contributed by atoms with van der Waals surface area (Å²) >= 11 is 0. The second-order valence-corrected chi connectivity index (χ2v) is 15.9. The topological polar surface area (TPSA) is 224 Å². The fraction of sp³-hybridized carbons (Fsp3) is 0.422. The van der Waals surface area contributed by atoms with E-state index < -0.39 is 60.2 Å². The van der Waals surface area contributed by atoms with E-state index in [0.717, 1.165) is 22.0 Å². The van der Waals surface area contributed by atoms with E-state index in [1.54, 1.807) is 36.4 Å². The van der Waals surface area contributed by atoms with Crippen LogP contribution < -0.4 is 21.7 Å². The Morgan fingerprint density at radius 1 is 0.847 bits per heavy atom. The van der Waals surface area contributed by atoms with Gasteiger partial charge in [-0.3, -0.25) is 24.0 Å². The van der Waals surface area contributed by atoms with Gasteiger partial charge in [0.25, 0.3) is 0 Å². The zero-order valence-corrected chi connectivity index (χ0v) is 34.1. The number of nitrogens with two attached hydrogens (primary N) is 1. The summed E-state index contributed by atoms with van der Waals surface area (Å²) in [6.07, 6.45) is 0.562. The third-order valence-electron chi connectivity index (χ3n) is 11.4. The van der Waals surface area contributed by atoms with Crippen LogP contribution in [0.15, 0.2) is 78.9 Å². The van der Waals surface area contributed by atoms with Crippen molar-refractivity contribution in [1.29, 1.82) is 0 Å². The Morgan fingerprint density at radius 3 is 2.14 bits per heavy atom. The summed E-state index contributed by atoms with van der Waals surface area (Å²) in [6, 6.07) is 19.4. The van der Waals surface area contributed by atoms with Gasteiger partial charge in [0.2, 0.25) is 23.6 Å². The first-order chi connectivity index (χ1) is 28.2. The van der Waals surface area contributed by atoms with Gasteiger partial charge in [0.05, 0.1) is 18.5 Å². The smallest absolute Gasteiger partial charge is 0.326 e. The van der Waals surface area contributed by atoms with Crippen molar-refractivity contribution in [2.75, 3.05) is 13.1 Å². The number of phenolic OH excluding ortho intramolecular Hbond substituents is 1. The Balaban J connectivity index is 1.39. The van der Waals surface area contributed by atoms with Gasteiger partial charge in [-0.05, 0) is 53.1 Å². The Labute approximate surface area is 344 Å². The van der Waals surface area contributed by atoms with E-state index in [9.17, 15) is 39.0 Å². The molecule has 5 rings (SSSR count). The van der Waals surface area contributed by atoms with Gasteiger partial charge in [0, 0.05) is 48.3 Å². The van der Waals surface area contributed by atoms with Crippen LogP contribution in [0.4, 0.5) is 0 Å². The normalized spacial score (nSPS) is 16.6. The molecule has 4 aromatic rings. The van der Waals surface area contributed by atoms with Crippen LogP contribution in [0, 0.1) is 23.7 Å². The summed E-state index contributed by atoms with van der Waals surface area (Å²) in [5, 5.41) is 29.0. The largest absolute Gasteiger partial charge is 0.508 e. The van der Waals surface area contributed by atoms with Gasteiger partial charge < -0.3 is 41.8 Å². The first-order valence-electron chi connectivity index (χ1n) is 20.2.